The molecule has 0 unspecified atom stereocenters. The van der Waals surface area contributed by atoms with Gasteiger partial charge in [0.25, 0.3) is 5.91 Å². The Hall–Kier alpha value is -2.38. The number of carbonyl (C=O) groups excluding carboxylic acids is 3. The number of hydrogen-bond donors (Lipinski definition) is 1. The molecule has 2 fully saturated rings. The molecule has 8 heteroatoms. The van der Waals surface area contributed by atoms with Gasteiger partial charge in [0.15, 0.2) is 0 Å². The van der Waals surface area contributed by atoms with Gasteiger partial charge in [-0.25, -0.2) is 9.48 Å². The maximum atomic E-state index is 12.1. The summed E-state index contributed by atoms with van der Waals surface area (Å²) in [5, 5.41) is 6.81. The van der Waals surface area contributed by atoms with Crippen molar-refractivity contribution < 1.29 is 14.4 Å². The molecule has 1 saturated heterocycles. The zero-order valence-electron chi connectivity index (χ0n) is 12.5. The van der Waals surface area contributed by atoms with Gasteiger partial charge in [-0.3, -0.25) is 14.5 Å². The van der Waals surface area contributed by atoms with Crippen LogP contribution in [-0.2, 0) is 16.1 Å². The second-order valence-corrected chi connectivity index (χ2v) is 5.61. The lowest BCUT2D eigenvalue weighted by molar-refractivity contribution is -0.129. The third-order valence-electron chi connectivity index (χ3n) is 3.79. The van der Waals surface area contributed by atoms with E-state index in [1.165, 1.54) is 0 Å². The number of urea groups is 1. The summed E-state index contributed by atoms with van der Waals surface area (Å²) in [7, 11) is 0. The van der Waals surface area contributed by atoms with Gasteiger partial charge in [-0.2, -0.15) is 5.10 Å². The van der Waals surface area contributed by atoms with Crippen LogP contribution in [-0.4, -0.2) is 56.6 Å². The van der Waals surface area contributed by atoms with Crippen molar-refractivity contribution in [2.45, 2.75) is 38.8 Å². The monoisotopic (exact) mass is 305 g/mol. The first-order valence-electron chi connectivity index (χ1n) is 7.52. The summed E-state index contributed by atoms with van der Waals surface area (Å²) in [4.78, 5) is 38.7. The Kier molecular flexibility index (Phi) is 3.82. The first-order chi connectivity index (χ1) is 10.6. The molecule has 1 aliphatic carbocycles. The minimum absolute atomic E-state index is 0.0878. The predicted molar refractivity (Wildman–Crippen MR) is 78.0 cm³/mol. The van der Waals surface area contributed by atoms with Gasteiger partial charge in [-0.1, -0.05) is 6.92 Å². The maximum absolute atomic E-state index is 12.1. The number of rotatable bonds is 6. The fourth-order valence-corrected chi connectivity index (χ4v) is 2.54. The van der Waals surface area contributed by atoms with Crippen LogP contribution < -0.4 is 5.32 Å². The van der Waals surface area contributed by atoms with Gasteiger partial charge >= 0.3 is 6.03 Å². The van der Waals surface area contributed by atoms with Crippen LogP contribution in [0.25, 0.3) is 0 Å². The average molecular weight is 305 g/mol. The van der Waals surface area contributed by atoms with Gasteiger partial charge in [0.1, 0.15) is 18.9 Å². The molecule has 1 N–H and O–H groups in total. The number of anilines is 1. The number of aryl methyl sites for hydroxylation is 1. The standard InChI is InChI=1S/C14H19N5O3/c1-2-7-19-11(5-6-15-19)16-12(20)8-18-13(21)9-17(14(18)22)10-3-4-10/h5-6,10H,2-4,7-9H2,1H3,(H,16,20). The summed E-state index contributed by atoms with van der Waals surface area (Å²) in [6.07, 6.45) is 4.38. The molecule has 2 heterocycles. The van der Waals surface area contributed by atoms with E-state index in [0.29, 0.717) is 12.4 Å². The highest BCUT2D eigenvalue weighted by Crippen LogP contribution is 2.30. The molecule has 1 aromatic heterocycles. The first-order valence-corrected chi connectivity index (χ1v) is 7.52. The van der Waals surface area contributed by atoms with Crippen molar-refractivity contribution in [3.05, 3.63) is 12.3 Å². The van der Waals surface area contributed by atoms with Crippen molar-refractivity contribution in [2.24, 2.45) is 0 Å². The van der Waals surface area contributed by atoms with E-state index in [0.717, 1.165) is 24.2 Å². The van der Waals surface area contributed by atoms with Crippen molar-refractivity contribution in [2.75, 3.05) is 18.4 Å². The Bertz CT molecular complexity index is 607. The fourth-order valence-electron chi connectivity index (χ4n) is 2.54. The van der Waals surface area contributed by atoms with E-state index in [9.17, 15) is 14.4 Å². The van der Waals surface area contributed by atoms with Crippen molar-refractivity contribution in [3.63, 3.8) is 0 Å². The first kappa shape index (κ1) is 14.6. The molecule has 22 heavy (non-hydrogen) atoms. The van der Waals surface area contributed by atoms with E-state index in [2.05, 4.69) is 10.4 Å². The van der Waals surface area contributed by atoms with E-state index >= 15 is 0 Å². The van der Waals surface area contributed by atoms with Crippen molar-refractivity contribution in [1.29, 1.82) is 0 Å². The molecule has 1 aliphatic heterocycles. The Morgan fingerprint density at radius 3 is 2.86 bits per heavy atom. The molecule has 0 bridgehead atoms. The van der Waals surface area contributed by atoms with Crippen LogP contribution in [0, 0.1) is 0 Å². The SMILES string of the molecule is CCCn1nccc1NC(=O)CN1C(=O)CN(C2CC2)C1=O. The summed E-state index contributed by atoms with van der Waals surface area (Å²) in [5.74, 6) is -0.128. The molecule has 0 aromatic carbocycles. The van der Waals surface area contributed by atoms with Gasteiger partial charge in [0.05, 0.1) is 6.20 Å². The molecule has 0 atom stereocenters. The normalized spacial score (nSPS) is 18.2. The highest BCUT2D eigenvalue weighted by atomic mass is 16.2. The molecular formula is C14H19N5O3. The summed E-state index contributed by atoms with van der Waals surface area (Å²) in [6, 6.07) is 1.51. The molecule has 4 amide bonds. The molecule has 1 aromatic rings. The van der Waals surface area contributed by atoms with Gasteiger partial charge in [-0.05, 0) is 19.3 Å². The van der Waals surface area contributed by atoms with Crippen LogP contribution in [0.15, 0.2) is 12.3 Å². The van der Waals surface area contributed by atoms with E-state index < -0.39 is 5.91 Å². The molecule has 2 aliphatic rings. The number of nitrogens with zero attached hydrogens (tertiary/aromatic N) is 4. The van der Waals surface area contributed by atoms with E-state index in [4.69, 9.17) is 0 Å². The minimum Gasteiger partial charge on any atom is -0.312 e. The highest BCUT2D eigenvalue weighted by Gasteiger charge is 2.44. The number of aromatic nitrogens is 2. The van der Waals surface area contributed by atoms with Crippen molar-refractivity contribution >= 4 is 23.7 Å². The zero-order chi connectivity index (χ0) is 15.7. The topological polar surface area (TPSA) is 87.5 Å². The second-order valence-electron chi connectivity index (χ2n) is 5.61. The number of nitrogens with one attached hydrogen (secondary N) is 1. The lowest BCUT2D eigenvalue weighted by Crippen LogP contribution is -2.39. The number of carbonyl (C=O) groups is 3. The third-order valence-corrected chi connectivity index (χ3v) is 3.79. The molecule has 1 saturated carbocycles. The quantitative estimate of drug-likeness (QED) is 0.782. The molecule has 0 spiro atoms. The molecule has 118 valence electrons. The minimum atomic E-state index is -0.391. The highest BCUT2D eigenvalue weighted by molar-refractivity contribution is 6.06. The maximum Gasteiger partial charge on any atom is 0.327 e. The van der Waals surface area contributed by atoms with Crippen LogP contribution in [0.2, 0.25) is 0 Å². The van der Waals surface area contributed by atoms with Gasteiger partial charge in [-0.15, -0.1) is 0 Å². The molecule has 3 rings (SSSR count). The average Bonchev–Trinajstić information content (AvgIpc) is 3.18. The van der Waals surface area contributed by atoms with Gasteiger partial charge in [0.2, 0.25) is 5.91 Å². The van der Waals surface area contributed by atoms with Crippen LogP contribution in [0.3, 0.4) is 0 Å². The lowest BCUT2D eigenvalue weighted by atomic mass is 10.4. The fraction of sp³-hybridized carbons (Fsp3) is 0.571. The van der Waals surface area contributed by atoms with Crippen LogP contribution in [0.4, 0.5) is 10.6 Å². The second kappa shape index (κ2) is 5.78. The number of hydrogen-bond acceptors (Lipinski definition) is 4. The van der Waals surface area contributed by atoms with Gasteiger partial charge in [0, 0.05) is 18.7 Å². The van der Waals surface area contributed by atoms with E-state index in [-0.39, 0.29) is 31.1 Å². The Morgan fingerprint density at radius 1 is 1.41 bits per heavy atom. The van der Waals surface area contributed by atoms with Crippen LogP contribution >= 0.6 is 0 Å². The zero-order valence-corrected chi connectivity index (χ0v) is 12.5. The summed E-state index contributed by atoms with van der Waals surface area (Å²) in [6.45, 7) is 2.55. The lowest BCUT2D eigenvalue weighted by Gasteiger charge is -2.16. The number of amides is 4. The van der Waals surface area contributed by atoms with E-state index in [1.807, 2.05) is 6.92 Å². The smallest absolute Gasteiger partial charge is 0.312 e. The molecule has 8 nitrogen and oxygen atoms in total. The summed E-state index contributed by atoms with van der Waals surface area (Å²) in [5.41, 5.74) is 0. The Morgan fingerprint density at radius 2 is 2.18 bits per heavy atom. The summed E-state index contributed by atoms with van der Waals surface area (Å²) >= 11 is 0. The van der Waals surface area contributed by atoms with Crippen molar-refractivity contribution in [3.8, 4) is 0 Å². The van der Waals surface area contributed by atoms with Crippen molar-refractivity contribution in [1.82, 2.24) is 19.6 Å². The largest absolute Gasteiger partial charge is 0.327 e. The van der Waals surface area contributed by atoms with Gasteiger partial charge < -0.3 is 10.2 Å². The Labute approximate surface area is 128 Å². The number of imide groups is 1. The summed E-state index contributed by atoms with van der Waals surface area (Å²) < 4.78 is 1.68. The van der Waals surface area contributed by atoms with Crippen LogP contribution in [0.5, 0.6) is 0 Å². The molecular weight excluding hydrogens is 286 g/mol. The van der Waals surface area contributed by atoms with Crippen LogP contribution in [0.1, 0.15) is 26.2 Å². The predicted octanol–water partition coefficient (Wildman–Crippen LogP) is 0.658. The molecule has 0 radical (unpaired) electrons. The Balaban J connectivity index is 1.60. The van der Waals surface area contributed by atoms with E-state index in [1.54, 1.807) is 21.8 Å². The third kappa shape index (κ3) is 2.81.